The van der Waals surface area contributed by atoms with Crippen LogP contribution in [-0.2, 0) is 6.18 Å². The highest BCUT2D eigenvalue weighted by molar-refractivity contribution is 5.41. The van der Waals surface area contributed by atoms with Crippen molar-refractivity contribution in [3.63, 3.8) is 0 Å². The molecule has 112 valence electrons. The smallest absolute Gasteiger partial charge is 0.370 e. The number of nitrogens with one attached hydrogen (secondary N) is 1. The van der Waals surface area contributed by atoms with Crippen LogP contribution in [0.25, 0.3) is 0 Å². The average Bonchev–Trinajstić information content (AvgIpc) is 2.36. The molecule has 0 aliphatic heterocycles. The lowest BCUT2D eigenvalue weighted by atomic mass is 9.80. The van der Waals surface area contributed by atoms with Gasteiger partial charge in [-0.3, -0.25) is 0 Å². The monoisotopic (exact) mass is 288 g/mol. The molecule has 0 aromatic carbocycles. The van der Waals surface area contributed by atoms with E-state index in [2.05, 4.69) is 22.2 Å². The summed E-state index contributed by atoms with van der Waals surface area (Å²) < 4.78 is 37.9. The lowest BCUT2D eigenvalue weighted by molar-refractivity contribution is -0.141. The Kier molecular flexibility index (Phi) is 4.35. The van der Waals surface area contributed by atoms with Crippen molar-refractivity contribution in [1.29, 1.82) is 0 Å². The molecule has 1 aromatic heterocycles. The second-order valence-corrected chi connectivity index (χ2v) is 5.40. The van der Waals surface area contributed by atoms with Gasteiger partial charge in [0.05, 0.1) is 0 Å². The van der Waals surface area contributed by atoms with Gasteiger partial charge in [-0.1, -0.05) is 26.2 Å². The summed E-state index contributed by atoms with van der Waals surface area (Å²) in [5.41, 5.74) is 4.32. The minimum Gasteiger partial charge on any atom is -0.370 e. The van der Waals surface area contributed by atoms with Gasteiger partial charge in [0.15, 0.2) is 5.69 Å². The van der Waals surface area contributed by atoms with Crippen molar-refractivity contribution in [2.45, 2.75) is 38.8 Å². The van der Waals surface area contributed by atoms with Crippen molar-refractivity contribution in [3.05, 3.63) is 11.8 Å². The van der Waals surface area contributed by atoms with Gasteiger partial charge in [-0.25, -0.2) is 4.98 Å². The maximum Gasteiger partial charge on any atom is 0.433 e. The van der Waals surface area contributed by atoms with E-state index in [1.54, 1.807) is 0 Å². The van der Waals surface area contributed by atoms with Gasteiger partial charge < -0.3 is 11.1 Å². The van der Waals surface area contributed by atoms with E-state index in [0.29, 0.717) is 18.4 Å². The molecule has 1 heterocycles. The fourth-order valence-corrected chi connectivity index (χ4v) is 2.63. The highest BCUT2D eigenvalue weighted by Crippen LogP contribution is 2.31. The molecule has 1 aliphatic rings. The van der Waals surface area contributed by atoms with Gasteiger partial charge in [0.25, 0.3) is 0 Å². The number of halogens is 3. The Morgan fingerprint density at radius 3 is 2.65 bits per heavy atom. The molecule has 0 saturated heterocycles. The molecule has 3 N–H and O–H groups in total. The van der Waals surface area contributed by atoms with E-state index in [4.69, 9.17) is 5.73 Å². The third-order valence-corrected chi connectivity index (χ3v) is 3.87. The number of hydrogen-bond acceptors (Lipinski definition) is 4. The number of rotatable bonds is 3. The van der Waals surface area contributed by atoms with Crippen molar-refractivity contribution < 1.29 is 13.2 Å². The quantitative estimate of drug-likeness (QED) is 0.895. The Hall–Kier alpha value is -1.53. The summed E-state index contributed by atoms with van der Waals surface area (Å²) in [4.78, 5) is 7.03. The zero-order valence-corrected chi connectivity index (χ0v) is 11.4. The van der Waals surface area contributed by atoms with Crippen molar-refractivity contribution in [2.75, 3.05) is 17.6 Å². The van der Waals surface area contributed by atoms with Gasteiger partial charge in [0.2, 0.25) is 5.95 Å². The SMILES string of the molecule is CC1CCCCC1CNc1cc(C(F)(F)F)nc(N)n1. The number of nitrogen functional groups attached to an aromatic ring is 1. The number of nitrogens with zero attached hydrogens (tertiary/aromatic N) is 2. The molecule has 0 bridgehead atoms. The van der Waals surface area contributed by atoms with E-state index < -0.39 is 11.9 Å². The van der Waals surface area contributed by atoms with Gasteiger partial charge in [-0.05, 0) is 18.3 Å². The first-order valence-electron chi connectivity index (χ1n) is 6.82. The largest absolute Gasteiger partial charge is 0.433 e. The number of hydrogen-bond donors (Lipinski definition) is 2. The Labute approximate surface area is 116 Å². The van der Waals surface area contributed by atoms with E-state index >= 15 is 0 Å². The first-order chi connectivity index (χ1) is 9.36. The van der Waals surface area contributed by atoms with E-state index in [1.165, 1.54) is 19.3 Å². The van der Waals surface area contributed by atoms with E-state index in [1.807, 2.05) is 0 Å². The van der Waals surface area contributed by atoms with Crippen LogP contribution in [0.3, 0.4) is 0 Å². The molecule has 0 amide bonds. The molecule has 1 aromatic rings. The first kappa shape index (κ1) is 14.9. The van der Waals surface area contributed by atoms with E-state index in [9.17, 15) is 13.2 Å². The number of anilines is 2. The number of aromatic nitrogens is 2. The van der Waals surface area contributed by atoms with Gasteiger partial charge in [0, 0.05) is 12.6 Å². The number of nitrogens with two attached hydrogens (primary N) is 1. The Bertz CT molecular complexity index is 461. The Morgan fingerprint density at radius 1 is 1.30 bits per heavy atom. The summed E-state index contributed by atoms with van der Waals surface area (Å²) in [5, 5.41) is 2.97. The molecule has 4 nitrogen and oxygen atoms in total. The third kappa shape index (κ3) is 3.74. The minimum atomic E-state index is -4.51. The van der Waals surface area contributed by atoms with Gasteiger partial charge in [0.1, 0.15) is 5.82 Å². The summed E-state index contributed by atoms with van der Waals surface area (Å²) in [6.45, 7) is 2.80. The van der Waals surface area contributed by atoms with Crippen molar-refractivity contribution >= 4 is 11.8 Å². The Morgan fingerprint density at radius 2 is 2.00 bits per heavy atom. The first-order valence-corrected chi connectivity index (χ1v) is 6.82. The van der Waals surface area contributed by atoms with Gasteiger partial charge in [-0.15, -0.1) is 0 Å². The molecule has 2 rings (SSSR count). The average molecular weight is 288 g/mol. The molecule has 2 unspecified atom stereocenters. The predicted octanol–water partition coefficient (Wildman–Crippen LogP) is 3.32. The topological polar surface area (TPSA) is 63.8 Å². The van der Waals surface area contributed by atoms with Gasteiger partial charge >= 0.3 is 6.18 Å². The van der Waals surface area contributed by atoms with Crippen LogP contribution < -0.4 is 11.1 Å². The molecule has 0 spiro atoms. The highest BCUT2D eigenvalue weighted by atomic mass is 19.4. The summed E-state index contributed by atoms with van der Waals surface area (Å²) in [6, 6.07) is 0.907. The maximum absolute atomic E-state index is 12.6. The lowest BCUT2D eigenvalue weighted by Gasteiger charge is -2.29. The molecule has 2 atom stereocenters. The summed E-state index contributed by atoms with van der Waals surface area (Å²) in [5.74, 6) is 0.827. The van der Waals surface area contributed by atoms with E-state index in [-0.39, 0.29) is 11.8 Å². The minimum absolute atomic E-state index is 0.141. The fourth-order valence-electron chi connectivity index (χ4n) is 2.63. The van der Waals surface area contributed by atoms with Crippen LogP contribution in [0.1, 0.15) is 38.3 Å². The second kappa shape index (κ2) is 5.85. The summed E-state index contributed by atoms with van der Waals surface area (Å²) >= 11 is 0. The second-order valence-electron chi connectivity index (χ2n) is 5.40. The van der Waals surface area contributed by atoms with Crippen molar-refractivity contribution in [2.24, 2.45) is 11.8 Å². The molecule has 7 heteroatoms. The standard InChI is InChI=1S/C13H19F3N4/c1-8-4-2-3-5-9(8)7-18-11-6-10(13(14,15)16)19-12(17)20-11/h6,8-9H,2-5,7H2,1H3,(H3,17,18,19,20). The van der Waals surface area contributed by atoms with Crippen LogP contribution in [0.5, 0.6) is 0 Å². The van der Waals surface area contributed by atoms with Gasteiger partial charge in [-0.2, -0.15) is 18.2 Å². The van der Waals surface area contributed by atoms with Crippen molar-refractivity contribution in [1.82, 2.24) is 9.97 Å². The van der Waals surface area contributed by atoms with Crippen LogP contribution >= 0.6 is 0 Å². The lowest BCUT2D eigenvalue weighted by Crippen LogP contribution is -2.25. The van der Waals surface area contributed by atoms with E-state index in [0.717, 1.165) is 12.5 Å². The Balaban J connectivity index is 2.04. The molecular formula is C13H19F3N4. The molecule has 0 radical (unpaired) electrons. The highest BCUT2D eigenvalue weighted by Gasteiger charge is 2.33. The van der Waals surface area contributed by atoms with Crippen LogP contribution in [0.2, 0.25) is 0 Å². The summed E-state index contributed by atoms with van der Waals surface area (Å²) in [6.07, 6.45) is 0.172. The molecule has 20 heavy (non-hydrogen) atoms. The molecule has 1 fully saturated rings. The van der Waals surface area contributed by atoms with Crippen LogP contribution in [0.15, 0.2) is 6.07 Å². The normalized spacial score (nSPS) is 23.6. The molecular weight excluding hydrogens is 269 g/mol. The fraction of sp³-hybridized carbons (Fsp3) is 0.692. The number of alkyl halides is 3. The zero-order valence-electron chi connectivity index (χ0n) is 11.4. The predicted molar refractivity (Wildman–Crippen MR) is 71.1 cm³/mol. The zero-order chi connectivity index (χ0) is 14.8. The van der Waals surface area contributed by atoms with Crippen LogP contribution in [0, 0.1) is 11.8 Å². The third-order valence-electron chi connectivity index (χ3n) is 3.87. The van der Waals surface area contributed by atoms with Crippen LogP contribution in [0.4, 0.5) is 24.9 Å². The molecule has 1 aliphatic carbocycles. The summed E-state index contributed by atoms with van der Waals surface area (Å²) in [7, 11) is 0. The molecule has 1 saturated carbocycles. The van der Waals surface area contributed by atoms with Crippen LogP contribution in [-0.4, -0.2) is 16.5 Å². The van der Waals surface area contributed by atoms with Crippen molar-refractivity contribution in [3.8, 4) is 0 Å². The maximum atomic E-state index is 12.6.